The van der Waals surface area contributed by atoms with Crippen LogP contribution in [0.2, 0.25) is 0 Å². The van der Waals surface area contributed by atoms with Crippen LogP contribution in [-0.2, 0) is 16.6 Å². The van der Waals surface area contributed by atoms with Gasteiger partial charge in [0.15, 0.2) is 0 Å². The highest BCUT2D eigenvalue weighted by atomic mass is 16.5. The predicted molar refractivity (Wildman–Crippen MR) is 71.0 cm³/mol. The van der Waals surface area contributed by atoms with Gasteiger partial charge in [0.1, 0.15) is 5.75 Å². The van der Waals surface area contributed by atoms with Crippen LogP contribution < -0.4 is 10.5 Å². The SMILES string of the molecule is CC(CCN)C1(c2ccc3c(c2)CCO3)COC1. The quantitative estimate of drug-likeness (QED) is 0.883. The van der Waals surface area contributed by atoms with Crippen molar-refractivity contribution in [1.82, 2.24) is 0 Å². The maximum atomic E-state index is 5.71. The molecule has 3 heteroatoms. The van der Waals surface area contributed by atoms with Crippen LogP contribution in [0.1, 0.15) is 24.5 Å². The van der Waals surface area contributed by atoms with E-state index in [2.05, 4.69) is 25.1 Å². The smallest absolute Gasteiger partial charge is 0.122 e. The summed E-state index contributed by atoms with van der Waals surface area (Å²) < 4.78 is 11.1. The van der Waals surface area contributed by atoms with Crippen molar-refractivity contribution in [3.05, 3.63) is 29.3 Å². The van der Waals surface area contributed by atoms with Crippen molar-refractivity contribution in [3.8, 4) is 5.75 Å². The van der Waals surface area contributed by atoms with E-state index >= 15 is 0 Å². The van der Waals surface area contributed by atoms with E-state index in [0.717, 1.165) is 45.0 Å². The van der Waals surface area contributed by atoms with Gasteiger partial charge in [-0.2, -0.15) is 0 Å². The van der Waals surface area contributed by atoms with E-state index in [-0.39, 0.29) is 5.41 Å². The monoisotopic (exact) mass is 247 g/mol. The molecule has 1 fully saturated rings. The van der Waals surface area contributed by atoms with Crippen LogP contribution in [0.3, 0.4) is 0 Å². The van der Waals surface area contributed by atoms with Crippen LogP contribution in [0.25, 0.3) is 0 Å². The average molecular weight is 247 g/mol. The largest absolute Gasteiger partial charge is 0.493 e. The first kappa shape index (κ1) is 12.0. The molecule has 98 valence electrons. The van der Waals surface area contributed by atoms with Crippen molar-refractivity contribution in [2.75, 3.05) is 26.4 Å². The maximum absolute atomic E-state index is 5.71. The standard InChI is InChI=1S/C15H21NO2/c1-11(4-6-16)15(9-17-10-15)13-2-3-14-12(8-13)5-7-18-14/h2-3,8,11H,4-7,9-10,16H2,1H3. The highest BCUT2D eigenvalue weighted by Crippen LogP contribution is 2.42. The lowest BCUT2D eigenvalue weighted by molar-refractivity contribution is -0.0883. The summed E-state index contributed by atoms with van der Waals surface area (Å²) in [5.41, 5.74) is 8.64. The van der Waals surface area contributed by atoms with Gasteiger partial charge in [-0.1, -0.05) is 19.1 Å². The van der Waals surface area contributed by atoms with Gasteiger partial charge < -0.3 is 15.2 Å². The van der Waals surface area contributed by atoms with Crippen LogP contribution in [0.15, 0.2) is 18.2 Å². The second-order valence-corrected chi connectivity index (χ2v) is 5.55. The number of rotatable bonds is 4. The third-order valence-corrected chi connectivity index (χ3v) is 4.53. The summed E-state index contributed by atoms with van der Waals surface area (Å²) in [7, 11) is 0. The van der Waals surface area contributed by atoms with Crippen molar-refractivity contribution >= 4 is 0 Å². The molecule has 1 unspecified atom stereocenters. The number of nitrogens with two attached hydrogens (primary N) is 1. The molecule has 2 aliphatic heterocycles. The minimum atomic E-state index is 0.178. The molecule has 0 spiro atoms. The summed E-state index contributed by atoms with van der Waals surface area (Å²) in [5, 5.41) is 0. The molecule has 18 heavy (non-hydrogen) atoms. The normalized spacial score (nSPS) is 21.9. The van der Waals surface area contributed by atoms with Crippen LogP contribution in [0.5, 0.6) is 5.75 Å². The van der Waals surface area contributed by atoms with Gasteiger partial charge in [0.25, 0.3) is 0 Å². The van der Waals surface area contributed by atoms with Crippen molar-refractivity contribution < 1.29 is 9.47 Å². The zero-order valence-corrected chi connectivity index (χ0v) is 10.9. The van der Waals surface area contributed by atoms with E-state index < -0.39 is 0 Å². The molecule has 0 amide bonds. The van der Waals surface area contributed by atoms with E-state index in [1.54, 1.807) is 0 Å². The first-order valence-corrected chi connectivity index (χ1v) is 6.80. The zero-order chi connectivity index (χ0) is 12.6. The first-order chi connectivity index (χ1) is 8.76. The maximum Gasteiger partial charge on any atom is 0.122 e. The molecule has 3 rings (SSSR count). The summed E-state index contributed by atoms with van der Waals surface area (Å²) >= 11 is 0. The third kappa shape index (κ3) is 1.73. The molecule has 2 N–H and O–H groups in total. The third-order valence-electron chi connectivity index (χ3n) is 4.53. The van der Waals surface area contributed by atoms with Gasteiger partial charge >= 0.3 is 0 Å². The topological polar surface area (TPSA) is 44.5 Å². The fraction of sp³-hybridized carbons (Fsp3) is 0.600. The van der Waals surface area contributed by atoms with Gasteiger partial charge in [0, 0.05) is 11.8 Å². The van der Waals surface area contributed by atoms with E-state index in [4.69, 9.17) is 15.2 Å². The zero-order valence-electron chi connectivity index (χ0n) is 10.9. The Labute approximate surface area is 108 Å². The lowest BCUT2D eigenvalue weighted by Gasteiger charge is -2.46. The molecule has 2 aliphatic rings. The highest BCUT2D eigenvalue weighted by molar-refractivity contribution is 5.43. The lowest BCUT2D eigenvalue weighted by atomic mass is 9.68. The minimum Gasteiger partial charge on any atom is -0.493 e. The molecular weight excluding hydrogens is 226 g/mol. The van der Waals surface area contributed by atoms with E-state index in [0.29, 0.717) is 5.92 Å². The molecule has 3 nitrogen and oxygen atoms in total. The Morgan fingerprint density at radius 2 is 2.22 bits per heavy atom. The van der Waals surface area contributed by atoms with Crippen LogP contribution in [0.4, 0.5) is 0 Å². The summed E-state index contributed by atoms with van der Waals surface area (Å²) in [6.07, 6.45) is 2.09. The van der Waals surface area contributed by atoms with Crippen molar-refractivity contribution in [2.45, 2.75) is 25.2 Å². The van der Waals surface area contributed by atoms with Crippen LogP contribution in [-0.4, -0.2) is 26.4 Å². The van der Waals surface area contributed by atoms with Gasteiger partial charge in [0.05, 0.1) is 19.8 Å². The molecule has 0 bridgehead atoms. The Kier molecular flexibility index (Phi) is 3.04. The van der Waals surface area contributed by atoms with Crippen molar-refractivity contribution in [3.63, 3.8) is 0 Å². The number of hydrogen-bond donors (Lipinski definition) is 1. The van der Waals surface area contributed by atoms with Crippen molar-refractivity contribution in [2.24, 2.45) is 11.7 Å². The molecule has 1 saturated heterocycles. The van der Waals surface area contributed by atoms with Gasteiger partial charge in [-0.25, -0.2) is 0 Å². The van der Waals surface area contributed by atoms with Gasteiger partial charge in [0.2, 0.25) is 0 Å². The number of benzene rings is 1. The van der Waals surface area contributed by atoms with Gasteiger partial charge in [-0.15, -0.1) is 0 Å². The summed E-state index contributed by atoms with van der Waals surface area (Å²) in [4.78, 5) is 0. The first-order valence-electron chi connectivity index (χ1n) is 6.80. The Hall–Kier alpha value is -1.06. The average Bonchev–Trinajstić information content (AvgIpc) is 2.75. The predicted octanol–water partition coefficient (Wildman–Crippen LogP) is 1.87. The van der Waals surface area contributed by atoms with E-state index in [9.17, 15) is 0 Å². The molecular formula is C15H21NO2. The Balaban J connectivity index is 1.92. The Morgan fingerprint density at radius 1 is 1.39 bits per heavy atom. The second kappa shape index (κ2) is 4.56. The minimum absolute atomic E-state index is 0.178. The highest BCUT2D eigenvalue weighted by Gasteiger charge is 2.44. The molecule has 1 atom stereocenters. The molecule has 2 heterocycles. The summed E-state index contributed by atoms with van der Waals surface area (Å²) in [6, 6.07) is 6.64. The number of hydrogen-bond acceptors (Lipinski definition) is 3. The van der Waals surface area contributed by atoms with E-state index in [1.165, 1.54) is 11.1 Å². The van der Waals surface area contributed by atoms with Gasteiger partial charge in [-0.05, 0) is 36.1 Å². The molecule has 0 saturated carbocycles. The number of fused-ring (bicyclic) bond motifs is 1. The van der Waals surface area contributed by atoms with Crippen molar-refractivity contribution in [1.29, 1.82) is 0 Å². The fourth-order valence-corrected chi connectivity index (χ4v) is 3.08. The van der Waals surface area contributed by atoms with E-state index in [1.807, 2.05) is 0 Å². The molecule has 0 aliphatic carbocycles. The van der Waals surface area contributed by atoms with Crippen LogP contribution in [0, 0.1) is 5.92 Å². The Bertz CT molecular complexity index is 440. The summed E-state index contributed by atoms with van der Waals surface area (Å²) in [5.74, 6) is 1.62. The summed E-state index contributed by atoms with van der Waals surface area (Å²) in [6.45, 7) is 5.51. The fourth-order valence-electron chi connectivity index (χ4n) is 3.08. The second-order valence-electron chi connectivity index (χ2n) is 5.55. The number of ether oxygens (including phenoxy) is 2. The lowest BCUT2D eigenvalue weighted by Crippen LogP contribution is -2.52. The molecule has 1 aromatic rings. The molecule has 1 aromatic carbocycles. The van der Waals surface area contributed by atoms with Crippen LogP contribution >= 0.6 is 0 Å². The Morgan fingerprint density at radius 3 is 2.89 bits per heavy atom. The van der Waals surface area contributed by atoms with Gasteiger partial charge in [-0.3, -0.25) is 0 Å². The molecule has 0 aromatic heterocycles. The molecule has 0 radical (unpaired) electrons.